The Morgan fingerprint density at radius 1 is 0.686 bits per heavy atom. The van der Waals surface area contributed by atoms with Crippen molar-refractivity contribution in [2.24, 2.45) is 0 Å². The van der Waals surface area contributed by atoms with Gasteiger partial charge in [-0.2, -0.15) is 0 Å². The van der Waals surface area contributed by atoms with Gasteiger partial charge >= 0.3 is 0 Å². The van der Waals surface area contributed by atoms with Crippen molar-refractivity contribution in [2.75, 3.05) is 4.72 Å². The van der Waals surface area contributed by atoms with Crippen LogP contribution in [0, 0.1) is 20.8 Å². The number of phenols is 2. The van der Waals surface area contributed by atoms with Gasteiger partial charge in [-0.25, -0.2) is 8.42 Å². The minimum absolute atomic E-state index is 0.00640. The third-order valence-electron chi connectivity index (χ3n) is 6.52. The number of aryl methyl sites for hydroxylation is 3. The molecular weight excluding hydrogens is 458 g/mol. The first-order valence-corrected chi connectivity index (χ1v) is 12.7. The lowest BCUT2D eigenvalue weighted by Gasteiger charge is -2.18. The summed E-state index contributed by atoms with van der Waals surface area (Å²) < 4.78 is 29.8. The van der Waals surface area contributed by atoms with E-state index in [4.69, 9.17) is 0 Å². The number of sulfonamides is 1. The quantitative estimate of drug-likeness (QED) is 0.245. The van der Waals surface area contributed by atoms with Crippen LogP contribution in [0.3, 0.4) is 0 Å². The van der Waals surface area contributed by atoms with Gasteiger partial charge in [0.05, 0.1) is 10.6 Å². The van der Waals surface area contributed by atoms with Gasteiger partial charge in [0.2, 0.25) is 0 Å². The van der Waals surface area contributed by atoms with Crippen molar-refractivity contribution in [1.29, 1.82) is 0 Å². The van der Waals surface area contributed by atoms with Gasteiger partial charge in [0.1, 0.15) is 11.5 Å². The van der Waals surface area contributed by atoms with Gasteiger partial charge in [-0.3, -0.25) is 4.72 Å². The molecule has 35 heavy (non-hydrogen) atoms. The summed E-state index contributed by atoms with van der Waals surface area (Å²) in [6.07, 6.45) is 0. The van der Waals surface area contributed by atoms with Crippen LogP contribution in [0.25, 0.3) is 32.7 Å². The largest absolute Gasteiger partial charge is 0.507 e. The van der Waals surface area contributed by atoms with E-state index in [9.17, 15) is 18.6 Å². The molecular formula is C29H25NO4S. The second-order valence-corrected chi connectivity index (χ2v) is 10.5. The van der Waals surface area contributed by atoms with Crippen LogP contribution in [-0.2, 0) is 10.0 Å². The predicted octanol–water partition coefficient (Wildman–Crippen LogP) is 6.80. The van der Waals surface area contributed by atoms with Crippen molar-refractivity contribution < 1.29 is 18.6 Å². The van der Waals surface area contributed by atoms with Crippen molar-refractivity contribution in [1.82, 2.24) is 0 Å². The van der Waals surface area contributed by atoms with Crippen molar-refractivity contribution in [3.8, 4) is 22.6 Å². The molecule has 0 saturated carbocycles. The second kappa shape index (κ2) is 8.32. The minimum atomic E-state index is -3.93. The fourth-order valence-electron chi connectivity index (χ4n) is 4.60. The molecule has 3 N–H and O–H groups in total. The molecule has 5 nitrogen and oxygen atoms in total. The van der Waals surface area contributed by atoms with E-state index in [0.717, 1.165) is 21.9 Å². The van der Waals surface area contributed by atoms with Crippen LogP contribution in [0.1, 0.15) is 16.7 Å². The van der Waals surface area contributed by atoms with Crippen LogP contribution in [0.2, 0.25) is 0 Å². The fraction of sp³-hybridized carbons (Fsp3) is 0.103. The van der Waals surface area contributed by atoms with Crippen LogP contribution in [0.15, 0.2) is 83.8 Å². The Balaban J connectivity index is 1.77. The normalized spacial score (nSPS) is 11.7. The summed E-state index contributed by atoms with van der Waals surface area (Å²) in [7, 11) is -3.93. The van der Waals surface area contributed by atoms with E-state index >= 15 is 0 Å². The Labute approximate surface area is 204 Å². The molecule has 0 saturated heterocycles. The lowest BCUT2D eigenvalue weighted by Crippen LogP contribution is -2.15. The van der Waals surface area contributed by atoms with Crippen molar-refractivity contribution >= 4 is 37.3 Å². The zero-order valence-corrected chi connectivity index (χ0v) is 20.4. The smallest absolute Gasteiger partial charge is 0.262 e. The highest BCUT2D eigenvalue weighted by Crippen LogP contribution is 2.46. The number of hydrogen-bond donors (Lipinski definition) is 3. The first kappa shape index (κ1) is 22.7. The summed E-state index contributed by atoms with van der Waals surface area (Å²) in [6.45, 7) is 5.60. The van der Waals surface area contributed by atoms with Crippen LogP contribution >= 0.6 is 0 Å². The molecule has 0 radical (unpaired) electrons. The number of benzene rings is 5. The Morgan fingerprint density at radius 2 is 1.31 bits per heavy atom. The third-order valence-corrected chi connectivity index (χ3v) is 8.03. The molecule has 0 aliphatic heterocycles. The van der Waals surface area contributed by atoms with E-state index < -0.39 is 10.0 Å². The summed E-state index contributed by atoms with van der Waals surface area (Å²) in [4.78, 5) is 0.201. The summed E-state index contributed by atoms with van der Waals surface area (Å²) in [5, 5.41) is 24.7. The highest BCUT2D eigenvalue weighted by Gasteiger charge is 2.23. The van der Waals surface area contributed by atoms with Gasteiger partial charge in [-0.05, 0) is 66.4 Å². The van der Waals surface area contributed by atoms with E-state index in [1.165, 1.54) is 0 Å². The van der Waals surface area contributed by atoms with E-state index in [-0.39, 0.29) is 16.4 Å². The molecule has 0 aromatic heterocycles. The van der Waals surface area contributed by atoms with Crippen LogP contribution in [0.5, 0.6) is 11.5 Å². The zero-order chi connectivity index (χ0) is 24.9. The lowest BCUT2D eigenvalue weighted by atomic mass is 9.93. The van der Waals surface area contributed by atoms with Gasteiger partial charge < -0.3 is 10.2 Å². The maximum Gasteiger partial charge on any atom is 0.262 e. The number of fused-ring (bicyclic) bond motifs is 2. The van der Waals surface area contributed by atoms with Crippen LogP contribution in [-0.4, -0.2) is 18.6 Å². The maximum atomic E-state index is 13.5. The van der Waals surface area contributed by atoms with Crippen LogP contribution < -0.4 is 4.72 Å². The standard InChI is InChI=1S/C29H25NO4S/c1-17-14-19(3)27(15-18(17)2)35(33,34)30-25-16-24(29(32)23-11-7-6-10-22(23)25)28-21-9-5-4-8-20(21)12-13-26(28)31/h4-16,30-32H,1-3H3. The zero-order valence-electron chi connectivity index (χ0n) is 19.6. The average molecular weight is 484 g/mol. The molecule has 0 atom stereocenters. The molecule has 0 heterocycles. The molecule has 6 heteroatoms. The summed E-state index contributed by atoms with van der Waals surface area (Å²) in [5.74, 6) is -0.0364. The first-order chi connectivity index (χ1) is 16.7. The monoisotopic (exact) mass is 483 g/mol. The Kier molecular flexibility index (Phi) is 5.41. The molecule has 0 aliphatic carbocycles. The molecule has 0 aliphatic rings. The van der Waals surface area contributed by atoms with E-state index in [2.05, 4.69) is 4.72 Å². The fourth-order valence-corrected chi connectivity index (χ4v) is 5.98. The highest BCUT2D eigenvalue weighted by molar-refractivity contribution is 7.92. The van der Waals surface area contributed by atoms with E-state index in [1.54, 1.807) is 55.5 Å². The molecule has 0 bridgehead atoms. The van der Waals surface area contributed by atoms with Crippen molar-refractivity contribution in [3.63, 3.8) is 0 Å². The van der Waals surface area contributed by atoms with Gasteiger partial charge in [0.15, 0.2) is 0 Å². The molecule has 5 rings (SSSR count). The van der Waals surface area contributed by atoms with E-state index in [1.807, 2.05) is 44.2 Å². The Bertz CT molecular complexity index is 1740. The third kappa shape index (κ3) is 3.86. The predicted molar refractivity (Wildman–Crippen MR) is 142 cm³/mol. The number of hydrogen-bond acceptors (Lipinski definition) is 4. The lowest BCUT2D eigenvalue weighted by molar-refractivity contribution is 0.472. The average Bonchev–Trinajstić information content (AvgIpc) is 2.83. The number of rotatable bonds is 4. The molecule has 0 fully saturated rings. The second-order valence-electron chi connectivity index (χ2n) is 8.85. The first-order valence-electron chi connectivity index (χ1n) is 11.2. The summed E-state index contributed by atoms with van der Waals surface area (Å²) in [6, 6.07) is 23.1. The van der Waals surface area contributed by atoms with Gasteiger partial charge in [0.25, 0.3) is 10.0 Å². The van der Waals surface area contributed by atoms with E-state index in [0.29, 0.717) is 33.2 Å². The Morgan fingerprint density at radius 3 is 2.06 bits per heavy atom. The number of anilines is 1. The summed E-state index contributed by atoms with van der Waals surface area (Å²) in [5.41, 5.74) is 3.65. The number of nitrogens with one attached hydrogen (secondary N) is 1. The molecule has 176 valence electrons. The highest BCUT2D eigenvalue weighted by atomic mass is 32.2. The molecule has 5 aromatic rings. The molecule has 0 unspecified atom stereocenters. The molecule has 5 aromatic carbocycles. The SMILES string of the molecule is Cc1cc(C)c(S(=O)(=O)Nc2cc(-c3c(O)ccc4ccccc34)c(O)c3ccccc23)cc1C. The topological polar surface area (TPSA) is 86.6 Å². The van der Waals surface area contributed by atoms with Gasteiger partial charge in [-0.1, -0.05) is 60.7 Å². The Hall–Kier alpha value is -4.03. The van der Waals surface area contributed by atoms with Gasteiger partial charge in [0, 0.05) is 21.9 Å². The maximum absolute atomic E-state index is 13.5. The number of phenolic OH excluding ortho intramolecular Hbond substituents is 2. The molecule has 0 spiro atoms. The van der Waals surface area contributed by atoms with Gasteiger partial charge in [-0.15, -0.1) is 0 Å². The van der Waals surface area contributed by atoms with Crippen molar-refractivity contribution in [3.05, 3.63) is 95.6 Å². The number of aromatic hydroxyl groups is 2. The van der Waals surface area contributed by atoms with Crippen molar-refractivity contribution in [2.45, 2.75) is 25.7 Å². The molecule has 0 amide bonds. The van der Waals surface area contributed by atoms with Crippen LogP contribution in [0.4, 0.5) is 5.69 Å². The minimum Gasteiger partial charge on any atom is -0.507 e. The summed E-state index contributed by atoms with van der Waals surface area (Å²) >= 11 is 0.